The highest BCUT2D eigenvalue weighted by molar-refractivity contribution is 5.93. The predicted molar refractivity (Wildman–Crippen MR) is 66.4 cm³/mol. The van der Waals surface area contributed by atoms with Gasteiger partial charge in [0.1, 0.15) is 13.2 Å². The van der Waals surface area contributed by atoms with Crippen molar-refractivity contribution in [2.75, 3.05) is 13.2 Å². The van der Waals surface area contributed by atoms with Gasteiger partial charge in [-0.05, 0) is 19.8 Å². The molecule has 108 valence electrons. The Hall–Kier alpha value is -1.79. The van der Waals surface area contributed by atoms with Crippen LogP contribution in [-0.2, 0) is 14.3 Å². The topological polar surface area (TPSA) is 84.9 Å². The van der Waals surface area contributed by atoms with Crippen LogP contribution in [0.3, 0.4) is 0 Å². The molecule has 0 saturated carbocycles. The number of esters is 1. The minimum Gasteiger partial charge on any atom is -0.462 e. The number of rotatable bonds is 4. The van der Waals surface area contributed by atoms with Crippen LogP contribution in [0.1, 0.15) is 27.7 Å². The maximum Gasteiger partial charge on any atom is 0.418 e. The maximum atomic E-state index is 11.9. The highest BCUT2D eigenvalue weighted by atomic mass is 16.6. The molecule has 1 heterocycles. The number of hydrogen-bond acceptors (Lipinski definition) is 5. The Bertz CT molecular complexity index is 367. The third kappa shape index (κ3) is 4.11. The molecule has 1 fully saturated rings. The molecule has 0 aromatic carbocycles. The summed E-state index contributed by atoms with van der Waals surface area (Å²) in [6, 6.07) is -0.949. The zero-order valence-corrected chi connectivity index (χ0v) is 11.6. The van der Waals surface area contributed by atoms with Gasteiger partial charge in [0, 0.05) is 0 Å². The summed E-state index contributed by atoms with van der Waals surface area (Å²) in [5.74, 6) is -0.461. The van der Waals surface area contributed by atoms with Gasteiger partial charge in [-0.3, -0.25) is 4.79 Å². The molecule has 19 heavy (non-hydrogen) atoms. The highest BCUT2D eigenvalue weighted by Gasteiger charge is 2.39. The van der Waals surface area contributed by atoms with Crippen LogP contribution in [0.25, 0.3) is 0 Å². The Morgan fingerprint density at radius 2 is 2.05 bits per heavy atom. The number of carbonyl (C=O) groups excluding carboxylic acids is 3. The highest BCUT2D eigenvalue weighted by Crippen LogP contribution is 2.19. The molecule has 1 aliphatic rings. The monoisotopic (exact) mass is 272 g/mol. The van der Waals surface area contributed by atoms with Gasteiger partial charge in [0.05, 0.1) is 12.1 Å². The molecule has 1 rings (SSSR count). The second-order valence-electron chi connectivity index (χ2n) is 4.96. The zero-order valence-electron chi connectivity index (χ0n) is 11.6. The van der Waals surface area contributed by atoms with Crippen LogP contribution in [0.2, 0.25) is 0 Å². The molecule has 0 aromatic heterocycles. The molecule has 0 spiro atoms. The van der Waals surface area contributed by atoms with Crippen molar-refractivity contribution >= 4 is 18.1 Å². The molecular formula is C12H20N2O5. The van der Waals surface area contributed by atoms with Gasteiger partial charge in [0.25, 0.3) is 0 Å². The molecule has 0 aromatic rings. The summed E-state index contributed by atoms with van der Waals surface area (Å²) in [7, 11) is 0. The largest absolute Gasteiger partial charge is 0.462 e. The van der Waals surface area contributed by atoms with Crippen LogP contribution in [0.4, 0.5) is 9.59 Å². The van der Waals surface area contributed by atoms with E-state index in [1.54, 1.807) is 13.8 Å². The van der Waals surface area contributed by atoms with E-state index in [0.717, 1.165) is 4.90 Å². The number of amides is 3. The fourth-order valence-corrected chi connectivity index (χ4v) is 1.70. The molecule has 0 radical (unpaired) electrons. The summed E-state index contributed by atoms with van der Waals surface area (Å²) in [5.41, 5.74) is 0. The lowest BCUT2D eigenvalue weighted by molar-refractivity contribution is -0.146. The summed E-state index contributed by atoms with van der Waals surface area (Å²) >= 11 is 0. The standard InChI is InChI=1S/C12H20N2O5/c1-7(2)9-6-18-12(17)14(9)11(16)13-5-10(15)19-8(3)4/h7-9H,5-6H2,1-4H3,(H,13,16)/t9-/m1/s1. The molecule has 1 saturated heterocycles. The number of hydrogen-bond donors (Lipinski definition) is 1. The van der Waals surface area contributed by atoms with Crippen LogP contribution in [0.15, 0.2) is 0 Å². The first kappa shape index (κ1) is 15.3. The fourth-order valence-electron chi connectivity index (χ4n) is 1.70. The van der Waals surface area contributed by atoms with E-state index in [9.17, 15) is 14.4 Å². The molecule has 0 unspecified atom stereocenters. The van der Waals surface area contributed by atoms with E-state index >= 15 is 0 Å². The molecule has 0 aliphatic carbocycles. The number of imide groups is 1. The lowest BCUT2D eigenvalue weighted by atomic mass is 10.1. The zero-order chi connectivity index (χ0) is 14.6. The van der Waals surface area contributed by atoms with Crippen LogP contribution in [0.5, 0.6) is 0 Å². The average molecular weight is 272 g/mol. The minimum absolute atomic E-state index is 0.0832. The van der Waals surface area contributed by atoms with Gasteiger partial charge in [-0.25, -0.2) is 14.5 Å². The van der Waals surface area contributed by atoms with Crippen LogP contribution >= 0.6 is 0 Å². The van der Waals surface area contributed by atoms with Gasteiger partial charge in [0.15, 0.2) is 0 Å². The van der Waals surface area contributed by atoms with Gasteiger partial charge in [0.2, 0.25) is 0 Å². The number of cyclic esters (lactones) is 1. The maximum absolute atomic E-state index is 11.9. The molecule has 1 aliphatic heterocycles. The second-order valence-corrected chi connectivity index (χ2v) is 4.96. The van der Waals surface area contributed by atoms with Crippen molar-refractivity contribution in [2.24, 2.45) is 5.92 Å². The molecule has 7 nitrogen and oxygen atoms in total. The normalized spacial score (nSPS) is 18.7. The summed E-state index contributed by atoms with van der Waals surface area (Å²) in [6.07, 6.45) is -0.932. The van der Waals surface area contributed by atoms with E-state index in [4.69, 9.17) is 9.47 Å². The minimum atomic E-state index is -0.687. The van der Waals surface area contributed by atoms with Crippen molar-refractivity contribution in [3.8, 4) is 0 Å². The number of urea groups is 1. The summed E-state index contributed by atoms with van der Waals surface area (Å²) in [6.45, 7) is 7.12. The van der Waals surface area contributed by atoms with E-state index in [1.165, 1.54) is 0 Å². The SMILES string of the molecule is CC(C)OC(=O)CNC(=O)N1C(=O)OC[C@@H]1C(C)C. The van der Waals surface area contributed by atoms with Crippen LogP contribution in [-0.4, -0.2) is 48.3 Å². The summed E-state index contributed by atoms with van der Waals surface area (Å²) < 4.78 is 9.72. The predicted octanol–water partition coefficient (Wildman–Crippen LogP) is 1.12. The van der Waals surface area contributed by atoms with Gasteiger partial charge in [-0.2, -0.15) is 0 Å². The van der Waals surface area contributed by atoms with Gasteiger partial charge in [-0.15, -0.1) is 0 Å². The third-order valence-corrected chi connectivity index (χ3v) is 2.65. The quantitative estimate of drug-likeness (QED) is 0.775. The van der Waals surface area contributed by atoms with Crippen molar-refractivity contribution in [2.45, 2.75) is 39.8 Å². The van der Waals surface area contributed by atoms with Crippen molar-refractivity contribution in [1.82, 2.24) is 10.2 Å². The smallest absolute Gasteiger partial charge is 0.418 e. The molecular weight excluding hydrogens is 252 g/mol. The Balaban J connectivity index is 2.52. The summed E-state index contributed by atoms with van der Waals surface area (Å²) in [4.78, 5) is 35.7. The van der Waals surface area contributed by atoms with Crippen LogP contribution in [0, 0.1) is 5.92 Å². The number of nitrogens with zero attached hydrogens (tertiary/aromatic N) is 1. The van der Waals surface area contributed by atoms with E-state index in [-0.39, 0.29) is 31.2 Å². The van der Waals surface area contributed by atoms with Crippen LogP contribution < -0.4 is 5.32 Å². The van der Waals surface area contributed by atoms with E-state index < -0.39 is 18.1 Å². The number of ether oxygens (including phenoxy) is 2. The van der Waals surface area contributed by atoms with Crippen molar-refractivity contribution in [3.05, 3.63) is 0 Å². The molecule has 1 atom stereocenters. The second kappa shape index (κ2) is 6.40. The fraction of sp³-hybridized carbons (Fsp3) is 0.750. The lowest BCUT2D eigenvalue weighted by Gasteiger charge is -2.22. The Labute approximate surface area is 112 Å². The van der Waals surface area contributed by atoms with Crippen molar-refractivity contribution < 1.29 is 23.9 Å². The molecule has 1 N–H and O–H groups in total. The Morgan fingerprint density at radius 1 is 1.42 bits per heavy atom. The number of carbonyl (C=O) groups is 3. The first-order valence-corrected chi connectivity index (χ1v) is 6.26. The Morgan fingerprint density at radius 3 is 2.58 bits per heavy atom. The third-order valence-electron chi connectivity index (χ3n) is 2.65. The van der Waals surface area contributed by atoms with Crippen molar-refractivity contribution in [3.63, 3.8) is 0 Å². The lowest BCUT2D eigenvalue weighted by Crippen LogP contribution is -2.48. The number of nitrogens with one attached hydrogen (secondary N) is 1. The van der Waals surface area contributed by atoms with E-state index in [2.05, 4.69) is 5.32 Å². The van der Waals surface area contributed by atoms with Gasteiger partial charge >= 0.3 is 18.1 Å². The average Bonchev–Trinajstić information content (AvgIpc) is 2.67. The van der Waals surface area contributed by atoms with E-state index in [0.29, 0.717) is 0 Å². The Kier molecular flexibility index (Phi) is 5.14. The van der Waals surface area contributed by atoms with Gasteiger partial charge < -0.3 is 14.8 Å². The molecule has 0 bridgehead atoms. The van der Waals surface area contributed by atoms with Gasteiger partial charge in [-0.1, -0.05) is 13.8 Å². The molecule has 3 amide bonds. The molecule has 7 heteroatoms. The first-order chi connectivity index (χ1) is 8.82. The van der Waals surface area contributed by atoms with E-state index in [1.807, 2.05) is 13.8 Å². The first-order valence-electron chi connectivity index (χ1n) is 6.26. The van der Waals surface area contributed by atoms with Crippen molar-refractivity contribution in [1.29, 1.82) is 0 Å². The summed E-state index contributed by atoms with van der Waals surface area (Å²) in [5, 5.41) is 2.36.